The van der Waals surface area contributed by atoms with Gasteiger partial charge in [0.15, 0.2) is 15.0 Å². The number of nitrogens with one attached hydrogen (secondary N) is 1. The molecule has 4 nitrogen and oxygen atoms in total. The molecule has 1 aromatic rings. The summed E-state index contributed by atoms with van der Waals surface area (Å²) in [4.78, 5) is 4.43. The monoisotopic (exact) mass is 312 g/mol. The van der Waals surface area contributed by atoms with E-state index in [1.165, 1.54) is 11.8 Å². The fraction of sp³-hybridized carbons (Fsp3) is 0.500. The number of rotatable bonds is 4. The first-order valence-electron chi connectivity index (χ1n) is 6.48. The maximum Gasteiger partial charge on any atom is 0.157 e. The lowest BCUT2D eigenvalue weighted by atomic mass is 10.1. The van der Waals surface area contributed by atoms with Gasteiger partial charge in [-0.1, -0.05) is 42.1 Å². The highest BCUT2D eigenvalue weighted by Crippen LogP contribution is 2.26. The third kappa shape index (κ3) is 3.55. The van der Waals surface area contributed by atoms with Crippen LogP contribution in [0.3, 0.4) is 0 Å². The van der Waals surface area contributed by atoms with Gasteiger partial charge in [-0.25, -0.2) is 8.42 Å². The largest absolute Gasteiger partial charge is 0.357 e. The molecule has 1 saturated heterocycles. The molecule has 20 heavy (non-hydrogen) atoms. The van der Waals surface area contributed by atoms with Crippen LogP contribution in [0.4, 0.5) is 0 Å². The number of hydrogen-bond acceptors (Lipinski definition) is 4. The molecule has 0 radical (unpaired) electrons. The average Bonchev–Trinajstić information content (AvgIpc) is 2.85. The number of thioether (sulfide) groups is 1. The summed E-state index contributed by atoms with van der Waals surface area (Å²) < 4.78 is 22.5. The van der Waals surface area contributed by atoms with E-state index < -0.39 is 14.6 Å². The van der Waals surface area contributed by atoms with Crippen LogP contribution in [0.1, 0.15) is 25.5 Å². The van der Waals surface area contributed by atoms with Gasteiger partial charge in [-0.05, 0) is 19.4 Å². The van der Waals surface area contributed by atoms with Crippen molar-refractivity contribution < 1.29 is 8.42 Å². The Kier molecular flexibility index (Phi) is 4.44. The quantitative estimate of drug-likeness (QED) is 0.926. The van der Waals surface area contributed by atoms with Crippen molar-refractivity contribution in [3.8, 4) is 0 Å². The number of benzene rings is 1. The van der Waals surface area contributed by atoms with E-state index >= 15 is 0 Å². The van der Waals surface area contributed by atoms with Crippen LogP contribution in [0.2, 0.25) is 0 Å². The van der Waals surface area contributed by atoms with Crippen LogP contribution in [-0.2, 0) is 9.84 Å². The molecule has 0 spiro atoms. The fourth-order valence-corrected chi connectivity index (χ4v) is 3.01. The molecule has 2 rings (SSSR count). The van der Waals surface area contributed by atoms with Gasteiger partial charge in [0, 0.05) is 12.0 Å². The minimum atomic E-state index is -3.10. The highest BCUT2D eigenvalue weighted by molar-refractivity contribution is 8.14. The lowest BCUT2D eigenvalue weighted by Crippen LogP contribution is -2.35. The van der Waals surface area contributed by atoms with Crippen molar-refractivity contribution in [2.75, 3.05) is 18.6 Å². The van der Waals surface area contributed by atoms with Crippen LogP contribution in [0.25, 0.3) is 0 Å². The van der Waals surface area contributed by atoms with Crippen LogP contribution in [0.15, 0.2) is 35.3 Å². The predicted octanol–water partition coefficient (Wildman–Crippen LogP) is 2.24. The minimum Gasteiger partial charge on any atom is -0.357 e. The molecule has 6 heteroatoms. The van der Waals surface area contributed by atoms with E-state index in [2.05, 4.69) is 22.4 Å². The maximum atomic E-state index is 11.6. The van der Waals surface area contributed by atoms with E-state index in [0.29, 0.717) is 0 Å². The summed E-state index contributed by atoms with van der Waals surface area (Å²) in [6.45, 7) is 3.70. The predicted molar refractivity (Wildman–Crippen MR) is 86.0 cm³/mol. The Balaban J connectivity index is 2.02. The first-order chi connectivity index (χ1) is 9.29. The van der Waals surface area contributed by atoms with Gasteiger partial charge in [-0.2, -0.15) is 0 Å². The average molecular weight is 312 g/mol. The molecule has 1 N–H and O–H groups in total. The molecule has 1 unspecified atom stereocenters. The summed E-state index contributed by atoms with van der Waals surface area (Å²) in [7, 11) is -3.10. The van der Waals surface area contributed by atoms with Gasteiger partial charge >= 0.3 is 0 Å². The van der Waals surface area contributed by atoms with Gasteiger partial charge < -0.3 is 5.32 Å². The molecule has 1 aliphatic heterocycles. The van der Waals surface area contributed by atoms with Crippen molar-refractivity contribution in [1.82, 2.24) is 5.32 Å². The van der Waals surface area contributed by atoms with Crippen LogP contribution in [0, 0.1) is 0 Å². The SMILES string of the molecule is CC(C)(CN=C1NC(c2ccccc2)CS1)S(C)(=O)=O. The number of aliphatic imine (C=N–C) groups is 1. The van der Waals surface area contributed by atoms with Gasteiger partial charge in [0.2, 0.25) is 0 Å². The Hall–Kier alpha value is -1.01. The van der Waals surface area contributed by atoms with E-state index in [1.54, 1.807) is 25.6 Å². The molecule has 1 aliphatic rings. The van der Waals surface area contributed by atoms with Crippen LogP contribution < -0.4 is 5.32 Å². The van der Waals surface area contributed by atoms with Gasteiger partial charge in [0.05, 0.1) is 17.3 Å². The van der Waals surface area contributed by atoms with E-state index in [1.807, 2.05) is 18.2 Å². The van der Waals surface area contributed by atoms with Crippen molar-refractivity contribution in [1.29, 1.82) is 0 Å². The lowest BCUT2D eigenvalue weighted by Gasteiger charge is -2.20. The van der Waals surface area contributed by atoms with Crippen molar-refractivity contribution in [3.05, 3.63) is 35.9 Å². The molecule has 110 valence electrons. The second kappa shape index (κ2) is 5.77. The highest BCUT2D eigenvalue weighted by atomic mass is 32.2. The summed E-state index contributed by atoms with van der Waals surface area (Å²) in [6, 6.07) is 10.5. The normalized spacial score (nSPS) is 21.9. The molecule has 0 aromatic heterocycles. The minimum absolute atomic E-state index is 0.251. The number of hydrogen-bond donors (Lipinski definition) is 1. The summed E-state index contributed by atoms with van der Waals surface area (Å²) >= 11 is 1.64. The second-order valence-electron chi connectivity index (χ2n) is 5.57. The molecular weight excluding hydrogens is 292 g/mol. The Bertz CT molecular complexity index is 595. The van der Waals surface area contributed by atoms with Crippen LogP contribution >= 0.6 is 11.8 Å². The molecule has 1 fully saturated rings. The standard InChI is InChI=1S/C14H20N2O2S2/c1-14(2,20(3,17)18)10-15-13-16-12(9-19-13)11-7-5-4-6-8-11/h4-8,12H,9-10H2,1-3H3,(H,15,16). The van der Waals surface area contributed by atoms with E-state index in [9.17, 15) is 8.42 Å². The molecule has 0 bridgehead atoms. The lowest BCUT2D eigenvalue weighted by molar-refractivity contribution is 0.555. The molecule has 0 aliphatic carbocycles. The molecule has 0 amide bonds. The summed E-state index contributed by atoms with van der Waals surface area (Å²) in [5.74, 6) is 0.919. The van der Waals surface area contributed by atoms with Crippen molar-refractivity contribution >= 4 is 26.8 Å². The number of sulfone groups is 1. The molecule has 1 aromatic carbocycles. The Labute approximate surface area is 125 Å². The van der Waals surface area contributed by atoms with Gasteiger partial charge in [-0.3, -0.25) is 4.99 Å². The zero-order valence-electron chi connectivity index (χ0n) is 12.0. The zero-order valence-corrected chi connectivity index (χ0v) is 13.6. The maximum absolute atomic E-state index is 11.6. The van der Waals surface area contributed by atoms with Gasteiger partial charge in [0.25, 0.3) is 0 Å². The van der Waals surface area contributed by atoms with Crippen molar-refractivity contribution in [3.63, 3.8) is 0 Å². The smallest absolute Gasteiger partial charge is 0.157 e. The zero-order chi connectivity index (χ0) is 14.8. The topological polar surface area (TPSA) is 58.5 Å². The van der Waals surface area contributed by atoms with E-state index in [0.717, 1.165) is 10.9 Å². The van der Waals surface area contributed by atoms with E-state index in [4.69, 9.17) is 0 Å². The first kappa shape index (κ1) is 15.4. The van der Waals surface area contributed by atoms with Crippen molar-refractivity contribution in [2.45, 2.75) is 24.6 Å². The third-order valence-electron chi connectivity index (χ3n) is 3.49. The fourth-order valence-electron chi connectivity index (χ4n) is 1.73. The molecule has 1 heterocycles. The Morgan fingerprint density at radius 1 is 1.35 bits per heavy atom. The van der Waals surface area contributed by atoms with Gasteiger partial charge in [0.1, 0.15) is 0 Å². The van der Waals surface area contributed by atoms with Gasteiger partial charge in [-0.15, -0.1) is 0 Å². The highest BCUT2D eigenvalue weighted by Gasteiger charge is 2.30. The van der Waals surface area contributed by atoms with Crippen molar-refractivity contribution in [2.24, 2.45) is 4.99 Å². The molecule has 0 saturated carbocycles. The second-order valence-corrected chi connectivity index (χ2v) is 9.23. The van der Waals surface area contributed by atoms with E-state index in [-0.39, 0.29) is 12.6 Å². The number of amidine groups is 1. The molecule has 1 atom stereocenters. The third-order valence-corrected chi connectivity index (χ3v) is 6.65. The van der Waals surface area contributed by atoms with Crippen LogP contribution in [0.5, 0.6) is 0 Å². The molecular formula is C14H20N2O2S2. The van der Waals surface area contributed by atoms with Crippen LogP contribution in [-0.4, -0.2) is 36.9 Å². The summed E-state index contributed by atoms with van der Waals surface area (Å²) in [5, 5.41) is 4.18. The number of nitrogens with zero attached hydrogens (tertiary/aromatic N) is 1. The first-order valence-corrected chi connectivity index (χ1v) is 9.36. The summed E-state index contributed by atoms with van der Waals surface area (Å²) in [5.41, 5.74) is 1.23. The Morgan fingerprint density at radius 2 is 2.00 bits per heavy atom. The summed E-state index contributed by atoms with van der Waals surface area (Å²) in [6.07, 6.45) is 1.26. The Morgan fingerprint density at radius 3 is 2.60 bits per heavy atom.